The molecular weight excluding hydrogens is 161 g/mol. The van der Waals surface area contributed by atoms with E-state index in [1.165, 1.54) is 0 Å². The Morgan fingerprint density at radius 3 is 2.36 bits per heavy atom. The van der Waals surface area contributed by atoms with Crippen LogP contribution in [0.25, 0.3) is 0 Å². The number of hydrogen-bond donors (Lipinski definition) is 0. The van der Waals surface area contributed by atoms with Gasteiger partial charge in [0.1, 0.15) is 5.69 Å². The molecule has 3 nitrogen and oxygen atoms in total. The molecule has 6 heteroatoms. The van der Waals surface area contributed by atoms with Crippen molar-refractivity contribution in [3.05, 3.63) is 18.0 Å². The van der Waals surface area contributed by atoms with Crippen molar-refractivity contribution >= 4 is 0 Å². The lowest BCUT2D eigenvalue weighted by atomic mass is 10.4. The van der Waals surface area contributed by atoms with E-state index in [2.05, 4.69) is 9.97 Å². The summed E-state index contributed by atoms with van der Waals surface area (Å²) in [5, 5.41) is 10.2. The first-order valence-electron chi connectivity index (χ1n) is 2.57. The van der Waals surface area contributed by atoms with Crippen LogP contribution in [0.5, 0.6) is 6.01 Å². The lowest BCUT2D eigenvalue weighted by Gasteiger charge is -2.07. The van der Waals surface area contributed by atoms with E-state index in [4.69, 9.17) is 0 Å². The Labute approximate surface area is 59.5 Å². The molecule has 0 bridgehead atoms. The zero-order valence-corrected chi connectivity index (χ0v) is 5.09. The molecule has 1 heterocycles. The normalized spacial score (nSPS) is 11.5. The fraction of sp³-hybridized carbons (Fsp3) is 0.200. The van der Waals surface area contributed by atoms with Gasteiger partial charge in [-0.05, 0) is 6.07 Å². The maximum Gasteiger partial charge on any atom is 0.433 e. The van der Waals surface area contributed by atoms with Crippen molar-refractivity contribution in [2.45, 2.75) is 6.18 Å². The van der Waals surface area contributed by atoms with Gasteiger partial charge in [0.2, 0.25) is 0 Å². The molecule has 60 valence electrons. The maximum absolute atomic E-state index is 11.7. The number of nitrogens with zero attached hydrogens (tertiary/aromatic N) is 2. The molecule has 0 unspecified atom stereocenters. The van der Waals surface area contributed by atoms with E-state index in [0.29, 0.717) is 6.07 Å². The molecule has 0 saturated carbocycles. The summed E-state index contributed by atoms with van der Waals surface area (Å²) < 4.78 is 35.2. The summed E-state index contributed by atoms with van der Waals surface area (Å²) in [7, 11) is 0. The van der Waals surface area contributed by atoms with Crippen LogP contribution in [0.1, 0.15) is 5.69 Å². The Morgan fingerprint density at radius 1 is 1.36 bits per heavy atom. The summed E-state index contributed by atoms with van der Waals surface area (Å²) in [6, 6.07) is -0.485. The average Bonchev–Trinajstić information content (AvgIpc) is 1.86. The van der Waals surface area contributed by atoms with Gasteiger partial charge in [-0.15, -0.1) is 0 Å². The highest BCUT2D eigenvalue weighted by Gasteiger charge is 2.31. The monoisotopic (exact) mass is 163 g/mol. The van der Waals surface area contributed by atoms with Crippen molar-refractivity contribution in [1.82, 2.24) is 9.97 Å². The van der Waals surface area contributed by atoms with E-state index >= 15 is 0 Å². The minimum absolute atomic E-state index is 0.640. The van der Waals surface area contributed by atoms with Crippen LogP contribution in [0.2, 0.25) is 0 Å². The van der Waals surface area contributed by atoms with Crippen LogP contribution in [0.4, 0.5) is 13.2 Å². The third-order valence-electron chi connectivity index (χ3n) is 0.924. The molecule has 0 aliphatic rings. The van der Waals surface area contributed by atoms with Gasteiger partial charge in [-0.2, -0.15) is 13.2 Å². The minimum Gasteiger partial charge on any atom is -0.844 e. The Kier molecular flexibility index (Phi) is 1.67. The summed E-state index contributed by atoms with van der Waals surface area (Å²) in [5.41, 5.74) is -1.21. The number of rotatable bonds is 0. The van der Waals surface area contributed by atoms with Crippen molar-refractivity contribution in [2.75, 3.05) is 0 Å². The second-order valence-electron chi connectivity index (χ2n) is 1.72. The standard InChI is InChI=1S/C5H3F3N2O/c6-5(7,8)3-1-2-9-4(11)10-3/h1-2H,(H,9,10,11)/p-1. The number of alkyl halides is 3. The van der Waals surface area contributed by atoms with E-state index < -0.39 is 17.9 Å². The van der Waals surface area contributed by atoms with Gasteiger partial charge in [0, 0.05) is 6.20 Å². The van der Waals surface area contributed by atoms with Crippen molar-refractivity contribution < 1.29 is 18.3 Å². The van der Waals surface area contributed by atoms with Crippen LogP contribution < -0.4 is 5.11 Å². The summed E-state index contributed by atoms with van der Waals surface area (Å²) in [6.45, 7) is 0. The molecule has 0 radical (unpaired) electrons. The van der Waals surface area contributed by atoms with E-state index in [-0.39, 0.29) is 0 Å². The van der Waals surface area contributed by atoms with Gasteiger partial charge in [-0.1, -0.05) is 0 Å². The average molecular weight is 163 g/mol. The van der Waals surface area contributed by atoms with Gasteiger partial charge < -0.3 is 5.11 Å². The topological polar surface area (TPSA) is 48.8 Å². The summed E-state index contributed by atoms with van der Waals surface area (Å²) in [4.78, 5) is 5.64. The summed E-state index contributed by atoms with van der Waals surface area (Å²) in [6.07, 6.45) is -3.79. The molecule has 1 aromatic heterocycles. The highest BCUT2D eigenvalue weighted by Crippen LogP contribution is 2.27. The first-order chi connectivity index (χ1) is 5.00. The van der Waals surface area contributed by atoms with Gasteiger partial charge in [0.15, 0.2) is 0 Å². The molecule has 0 N–H and O–H groups in total. The second-order valence-corrected chi connectivity index (χ2v) is 1.72. The predicted molar refractivity (Wildman–Crippen MR) is 26.5 cm³/mol. The molecule has 1 aromatic rings. The molecule has 1 rings (SSSR count). The summed E-state index contributed by atoms with van der Waals surface area (Å²) >= 11 is 0. The van der Waals surface area contributed by atoms with E-state index in [9.17, 15) is 18.3 Å². The van der Waals surface area contributed by atoms with Gasteiger partial charge in [0.25, 0.3) is 0 Å². The maximum atomic E-state index is 11.7. The Balaban J connectivity index is 3.06. The Hall–Kier alpha value is -1.33. The molecule has 0 aromatic carbocycles. The third-order valence-corrected chi connectivity index (χ3v) is 0.924. The highest BCUT2D eigenvalue weighted by molar-refractivity contribution is 5.06. The van der Waals surface area contributed by atoms with Crippen LogP contribution in [-0.2, 0) is 6.18 Å². The first kappa shape index (κ1) is 7.77. The van der Waals surface area contributed by atoms with Crippen LogP contribution >= 0.6 is 0 Å². The van der Waals surface area contributed by atoms with Crippen molar-refractivity contribution in [3.63, 3.8) is 0 Å². The summed E-state index contributed by atoms with van der Waals surface area (Å²) in [5.74, 6) is 0. The molecule has 0 spiro atoms. The van der Waals surface area contributed by atoms with Crippen molar-refractivity contribution in [3.8, 4) is 6.01 Å². The fourth-order valence-corrected chi connectivity index (χ4v) is 0.499. The first-order valence-corrected chi connectivity index (χ1v) is 2.57. The molecule has 0 fully saturated rings. The molecule has 0 atom stereocenters. The Bertz CT molecular complexity index is 260. The third kappa shape index (κ3) is 1.79. The quantitative estimate of drug-likeness (QED) is 0.561. The zero-order valence-electron chi connectivity index (χ0n) is 5.09. The van der Waals surface area contributed by atoms with E-state index in [1.807, 2.05) is 0 Å². The number of halogens is 3. The largest absolute Gasteiger partial charge is 0.844 e. The van der Waals surface area contributed by atoms with Crippen molar-refractivity contribution in [1.29, 1.82) is 0 Å². The molecule has 0 amide bonds. The lowest BCUT2D eigenvalue weighted by molar-refractivity contribution is -0.283. The van der Waals surface area contributed by atoms with Crippen LogP contribution in [-0.4, -0.2) is 9.97 Å². The Morgan fingerprint density at radius 2 is 2.00 bits per heavy atom. The van der Waals surface area contributed by atoms with Gasteiger partial charge in [0.05, 0.1) is 6.01 Å². The van der Waals surface area contributed by atoms with Gasteiger partial charge >= 0.3 is 6.18 Å². The molecule has 0 aliphatic heterocycles. The predicted octanol–water partition coefficient (Wildman–Crippen LogP) is 0.569. The molecular formula is C5H2F3N2O-. The molecule has 11 heavy (non-hydrogen) atoms. The van der Waals surface area contributed by atoms with E-state index in [1.54, 1.807) is 0 Å². The number of hydrogen-bond acceptors (Lipinski definition) is 3. The van der Waals surface area contributed by atoms with Crippen LogP contribution in [0, 0.1) is 0 Å². The second kappa shape index (κ2) is 2.37. The fourth-order valence-electron chi connectivity index (χ4n) is 0.499. The molecule has 0 aliphatic carbocycles. The SMILES string of the molecule is [O-]c1nccc(C(F)(F)F)n1. The van der Waals surface area contributed by atoms with Crippen LogP contribution in [0.3, 0.4) is 0 Å². The number of aromatic nitrogens is 2. The highest BCUT2D eigenvalue weighted by atomic mass is 19.4. The zero-order chi connectivity index (χ0) is 8.48. The molecule has 0 saturated heterocycles. The van der Waals surface area contributed by atoms with E-state index in [0.717, 1.165) is 6.20 Å². The van der Waals surface area contributed by atoms with Gasteiger partial charge in [-0.25, -0.2) is 4.98 Å². The smallest absolute Gasteiger partial charge is 0.433 e. The van der Waals surface area contributed by atoms with Crippen LogP contribution in [0.15, 0.2) is 12.3 Å². The van der Waals surface area contributed by atoms with Gasteiger partial charge in [-0.3, -0.25) is 4.98 Å². The lowest BCUT2D eigenvalue weighted by Crippen LogP contribution is -2.10. The van der Waals surface area contributed by atoms with Crippen molar-refractivity contribution in [2.24, 2.45) is 0 Å². The minimum atomic E-state index is -4.57.